The monoisotopic (exact) mass is 268 g/mol. The molecular formula is C14H17ClOS. The van der Waals surface area contributed by atoms with E-state index in [2.05, 4.69) is 6.92 Å². The van der Waals surface area contributed by atoms with Gasteiger partial charge in [-0.05, 0) is 50.2 Å². The normalized spacial score (nSPS) is 37.3. The van der Waals surface area contributed by atoms with Crippen LogP contribution in [0.2, 0.25) is 0 Å². The fourth-order valence-corrected chi connectivity index (χ4v) is 5.78. The molecule has 1 nitrogen and oxygen atoms in total. The van der Waals surface area contributed by atoms with Crippen LogP contribution < -0.4 is 0 Å². The molecule has 3 rings (SSSR count). The summed E-state index contributed by atoms with van der Waals surface area (Å²) in [7, 11) is -0.929. The SMILES string of the molecule is Cc1ccc([S@@](=O)[C@H]2[C@H]3CC[C@@H](C3)[C@@H]2Cl)cc1. The van der Waals surface area contributed by atoms with Gasteiger partial charge in [0.25, 0.3) is 0 Å². The van der Waals surface area contributed by atoms with Crippen molar-refractivity contribution in [3.05, 3.63) is 29.8 Å². The highest BCUT2D eigenvalue weighted by molar-refractivity contribution is 7.85. The molecule has 17 heavy (non-hydrogen) atoms. The third kappa shape index (κ3) is 1.96. The fourth-order valence-electron chi connectivity index (χ4n) is 3.29. The fraction of sp³-hybridized carbons (Fsp3) is 0.571. The highest BCUT2D eigenvalue weighted by Crippen LogP contribution is 2.50. The lowest BCUT2D eigenvalue weighted by atomic mass is 10.00. The van der Waals surface area contributed by atoms with Crippen LogP contribution in [0.3, 0.4) is 0 Å². The van der Waals surface area contributed by atoms with Gasteiger partial charge in [0.2, 0.25) is 0 Å². The van der Waals surface area contributed by atoms with E-state index in [0.717, 1.165) is 4.90 Å². The van der Waals surface area contributed by atoms with Crippen LogP contribution in [0.5, 0.6) is 0 Å². The van der Waals surface area contributed by atoms with Crippen molar-refractivity contribution < 1.29 is 4.21 Å². The summed E-state index contributed by atoms with van der Waals surface area (Å²) < 4.78 is 12.6. The van der Waals surface area contributed by atoms with Gasteiger partial charge in [-0.2, -0.15) is 0 Å². The molecule has 92 valence electrons. The maximum atomic E-state index is 12.6. The molecule has 5 atom stereocenters. The molecule has 2 aliphatic carbocycles. The molecule has 0 radical (unpaired) electrons. The van der Waals surface area contributed by atoms with Gasteiger partial charge in [-0.15, -0.1) is 11.6 Å². The summed E-state index contributed by atoms with van der Waals surface area (Å²) in [6.07, 6.45) is 3.65. The van der Waals surface area contributed by atoms with E-state index in [4.69, 9.17) is 11.6 Å². The Labute approximate surface area is 110 Å². The second kappa shape index (κ2) is 4.40. The van der Waals surface area contributed by atoms with Crippen molar-refractivity contribution in [3.8, 4) is 0 Å². The van der Waals surface area contributed by atoms with Gasteiger partial charge in [0.15, 0.2) is 0 Å². The Balaban J connectivity index is 1.85. The van der Waals surface area contributed by atoms with E-state index in [-0.39, 0.29) is 10.6 Å². The molecule has 0 unspecified atom stereocenters. The zero-order chi connectivity index (χ0) is 12.0. The molecule has 2 bridgehead atoms. The van der Waals surface area contributed by atoms with Crippen LogP contribution in [0.25, 0.3) is 0 Å². The molecule has 0 heterocycles. The number of benzene rings is 1. The van der Waals surface area contributed by atoms with Crippen molar-refractivity contribution in [2.45, 2.75) is 41.7 Å². The molecule has 3 heteroatoms. The lowest BCUT2D eigenvalue weighted by Crippen LogP contribution is -2.32. The highest BCUT2D eigenvalue weighted by atomic mass is 35.5. The number of rotatable bonds is 2. The number of halogens is 1. The summed E-state index contributed by atoms with van der Waals surface area (Å²) in [6, 6.07) is 8.04. The Hall–Kier alpha value is -0.340. The predicted molar refractivity (Wildman–Crippen MR) is 71.8 cm³/mol. The van der Waals surface area contributed by atoms with Crippen molar-refractivity contribution in [1.29, 1.82) is 0 Å². The minimum Gasteiger partial charge on any atom is -0.254 e. The summed E-state index contributed by atoms with van der Waals surface area (Å²) >= 11 is 6.46. The molecule has 0 amide bonds. The van der Waals surface area contributed by atoms with Gasteiger partial charge in [0.1, 0.15) is 0 Å². The minimum absolute atomic E-state index is 0.121. The van der Waals surface area contributed by atoms with Gasteiger partial charge in [0, 0.05) is 4.90 Å². The molecule has 2 aliphatic rings. The maximum Gasteiger partial charge on any atom is 0.0589 e. The largest absolute Gasteiger partial charge is 0.254 e. The summed E-state index contributed by atoms with van der Waals surface area (Å²) in [5.74, 6) is 1.20. The Kier molecular flexibility index (Phi) is 3.04. The third-order valence-corrected chi connectivity index (χ3v) is 6.93. The first kappa shape index (κ1) is 11.7. The zero-order valence-electron chi connectivity index (χ0n) is 9.93. The van der Waals surface area contributed by atoms with Crippen LogP contribution in [0.15, 0.2) is 29.2 Å². The van der Waals surface area contributed by atoms with Crippen LogP contribution in [-0.2, 0) is 10.8 Å². The van der Waals surface area contributed by atoms with Crippen molar-refractivity contribution in [2.75, 3.05) is 0 Å². The van der Waals surface area contributed by atoms with E-state index >= 15 is 0 Å². The number of fused-ring (bicyclic) bond motifs is 2. The molecule has 0 saturated heterocycles. The second-order valence-corrected chi connectivity index (χ2v) is 7.47. The summed E-state index contributed by atoms with van der Waals surface area (Å²) in [6.45, 7) is 2.05. The Morgan fingerprint density at radius 3 is 2.41 bits per heavy atom. The van der Waals surface area contributed by atoms with Crippen molar-refractivity contribution in [2.24, 2.45) is 11.8 Å². The smallest absolute Gasteiger partial charge is 0.0589 e. The number of hydrogen-bond donors (Lipinski definition) is 0. The number of hydrogen-bond acceptors (Lipinski definition) is 1. The van der Waals surface area contributed by atoms with E-state index < -0.39 is 10.8 Å². The number of alkyl halides is 1. The van der Waals surface area contributed by atoms with Gasteiger partial charge in [0.05, 0.1) is 21.4 Å². The average Bonchev–Trinajstić information content (AvgIpc) is 2.89. The maximum absolute atomic E-state index is 12.6. The first-order chi connectivity index (χ1) is 8.16. The van der Waals surface area contributed by atoms with Crippen LogP contribution in [0.4, 0.5) is 0 Å². The van der Waals surface area contributed by atoms with E-state index in [9.17, 15) is 4.21 Å². The molecule has 0 aliphatic heterocycles. The molecule has 0 N–H and O–H groups in total. The molecule has 1 aromatic rings. The van der Waals surface area contributed by atoms with E-state index in [1.807, 2.05) is 24.3 Å². The Morgan fingerprint density at radius 1 is 1.18 bits per heavy atom. The summed E-state index contributed by atoms with van der Waals surface area (Å²) in [5.41, 5.74) is 1.21. The Morgan fingerprint density at radius 2 is 1.82 bits per heavy atom. The van der Waals surface area contributed by atoms with Crippen molar-refractivity contribution >= 4 is 22.4 Å². The molecule has 1 aromatic carbocycles. The van der Waals surface area contributed by atoms with Gasteiger partial charge in [-0.25, -0.2) is 0 Å². The molecular weight excluding hydrogens is 252 g/mol. The number of aryl methyl sites for hydroxylation is 1. The average molecular weight is 269 g/mol. The lowest BCUT2D eigenvalue weighted by Gasteiger charge is -2.25. The minimum atomic E-state index is -0.929. The standard InChI is InChI=1S/C14H17ClOS/c1-9-2-6-12(7-3-9)17(16)14-11-5-4-10(8-11)13(14)15/h2-3,6-7,10-11,13-14H,4-5,8H2,1H3/t10-,11-,13-,14-,17+/m0/s1. The van der Waals surface area contributed by atoms with E-state index in [1.165, 1.54) is 24.8 Å². The summed E-state index contributed by atoms with van der Waals surface area (Å²) in [4.78, 5) is 0.943. The first-order valence-electron chi connectivity index (χ1n) is 6.28. The van der Waals surface area contributed by atoms with Gasteiger partial charge >= 0.3 is 0 Å². The van der Waals surface area contributed by atoms with Gasteiger partial charge in [-0.3, -0.25) is 4.21 Å². The topological polar surface area (TPSA) is 17.1 Å². The third-order valence-electron chi connectivity index (χ3n) is 4.24. The van der Waals surface area contributed by atoms with E-state index in [1.54, 1.807) is 0 Å². The highest BCUT2D eigenvalue weighted by Gasteiger charge is 2.49. The quantitative estimate of drug-likeness (QED) is 0.751. The van der Waals surface area contributed by atoms with Crippen LogP contribution >= 0.6 is 11.6 Å². The van der Waals surface area contributed by atoms with Crippen LogP contribution in [0.1, 0.15) is 24.8 Å². The Bertz CT molecular complexity index is 440. The van der Waals surface area contributed by atoms with Crippen molar-refractivity contribution in [1.82, 2.24) is 0 Å². The summed E-state index contributed by atoms with van der Waals surface area (Å²) in [5, 5.41) is 0.300. The first-order valence-corrected chi connectivity index (χ1v) is 7.93. The van der Waals surface area contributed by atoms with Gasteiger partial charge in [-0.1, -0.05) is 17.7 Å². The zero-order valence-corrected chi connectivity index (χ0v) is 11.5. The van der Waals surface area contributed by atoms with Crippen molar-refractivity contribution in [3.63, 3.8) is 0 Å². The van der Waals surface area contributed by atoms with Crippen LogP contribution in [0, 0.1) is 18.8 Å². The molecule has 2 fully saturated rings. The van der Waals surface area contributed by atoms with Crippen LogP contribution in [-0.4, -0.2) is 14.8 Å². The predicted octanol–water partition coefficient (Wildman–Crippen LogP) is 3.51. The van der Waals surface area contributed by atoms with E-state index in [0.29, 0.717) is 11.8 Å². The molecule has 0 spiro atoms. The molecule has 0 aromatic heterocycles. The second-order valence-electron chi connectivity index (χ2n) is 5.35. The lowest BCUT2D eigenvalue weighted by molar-refractivity contribution is 0.488. The van der Waals surface area contributed by atoms with Gasteiger partial charge < -0.3 is 0 Å². The molecule has 2 saturated carbocycles.